The smallest absolute Gasteiger partial charge is 0.295 e. The summed E-state index contributed by atoms with van der Waals surface area (Å²) in [6.07, 6.45) is 2.68. The average molecular weight is 444 g/mol. The third-order valence-electron chi connectivity index (χ3n) is 5.39. The zero-order valence-electron chi connectivity index (χ0n) is 17.9. The molecule has 1 amide bonds. The predicted octanol–water partition coefficient (Wildman–Crippen LogP) is 4.97. The molecule has 7 heteroatoms. The summed E-state index contributed by atoms with van der Waals surface area (Å²) in [5.41, 5.74) is 1.05. The summed E-state index contributed by atoms with van der Waals surface area (Å²) < 4.78 is 10.6. The van der Waals surface area contributed by atoms with Crippen molar-refractivity contribution in [3.63, 3.8) is 0 Å². The maximum atomic E-state index is 13.0. The number of aliphatic hydroxyl groups is 1. The number of Topliss-reactive ketones (excluding diaryl/α,β-unsaturated/α-hetero) is 1. The fourth-order valence-electron chi connectivity index (χ4n) is 3.77. The summed E-state index contributed by atoms with van der Waals surface area (Å²) in [6, 6.07) is 11.1. The molecule has 1 aliphatic heterocycles. The van der Waals surface area contributed by atoms with Crippen molar-refractivity contribution in [2.24, 2.45) is 0 Å². The molecule has 1 saturated heterocycles. The van der Waals surface area contributed by atoms with Gasteiger partial charge in [0.15, 0.2) is 0 Å². The molecule has 31 heavy (non-hydrogen) atoms. The second-order valence-corrected chi connectivity index (χ2v) is 7.75. The van der Waals surface area contributed by atoms with Crippen LogP contribution in [-0.2, 0) is 9.59 Å². The van der Waals surface area contributed by atoms with Crippen LogP contribution < -0.4 is 9.47 Å². The molecule has 6 nitrogen and oxygen atoms in total. The monoisotopic (exact) mass is 443 g/mol. The van der Waals surface area contributed by atoms with Crippen molar-refractivity contribution < 1.29 is 24.2 Å². The van der Waals surface area contributed by atoms with Crippen LogP contribution in [0.2, 0.25) is 5.02 Å². The summed E-state index contributed by atoms with van der Waals surface area (Å²) in [5.74, 6) is -0.737. The van der Waals surface area contributed by atoms with Crippen molar-refractivity contribution in [3.8, 4) is 11.5 Å². The minimum Gasteiger partial charge on any atom is -0.507 e. The maximum absolute atomic E-state index is 13.0. The van der Waals surface area contributed by atoms with Crippen LogP contribution in [0.3, 0.4) is 0 Å². The summed E-state index contributed by atoms with van der Waals surface area (Å²) in [4.78, 5) is 27.5. The van der Waals surface area contributed by atoms with Gasteiger partial charge in [-0.3, -0.25) is 9.59 Å². The van der Waals surface area contributed by atoms with E-state index in [2.05, 4.69) is 6.92 Å². The first-order valence-electron chi connectivity index (χ1n) is 10.2. The second kappa shape index (κ2) is 9.88. The molecule has 0 bridgehead atoms. The lowest BCUT2D eigenvalue weighted by atomic mass is 9.95. The van der Waals surface area contributed by atoms with Gasteiger partial charge in [-0.2, -0.15) is 0 Å². The first-order chi connectivity index (χ1) is 14.9. The Labute approximate surface area is 187 Å². The predicted molar refractivity (Wildman–Crippen MR) is 120 cm³/mol. The molecule has 164 valence electrons. The van der Waals surface area contributed by atoms with E-state index in [0.29, 0.717) is 34.2 Å². The van der Waals surface area contributed by atoms with Gasteiger partial charge >= 0.3 is 0 Å². The van der Waals surface area contributed by atoms with E-state index in [0.717, 1.165) is 19.3 Å². The topological polar surface area (TPSA) is 76.1 Å². The Balaban J connectivity index is 2.16. The Bertz CT molecular complexity index is 1000. The lowest BCUT2D eigenvalue weighted by Crippen LogP contribution is -2.30. The molecule has 0 radical (unpaired) electrons. The summed E-state index contributed by atoms with van der Waals surface area (Å²) >= 11 is 6.04. The fourth-order valence-corrected chi connectivity index (χ4v) is 3.90. The third kappa shape index (κ3) is 4.54. The first-order valence-corrected chi connectivity index (χ1v) is 10.6. The molecule has 1 heterocycles. The zero-order valence-corrected chi connectivity index (χ0v) is 18.6. The fraction of sp³-hybridized carbons (Fsp3) is 0.333. The lowest BCUT2D eigenvalue weighted by Gasteiger charge is -2.25. The summed E-state index contributed by atoms with van der Waals surface area (Å²) in [5, 5.41) is 11.7. The number of rotatable bonds is 8. The molecule has 2 aromatic rings. The Kier molecular flexibility index (Phi) is 7.23. The van der Waals surface area contributed by atoms with Crippen molar-refractivity contribution in [3.05, 3.63) is 64.2 Å². The van der Waals surface area contributed by atoms with Gasteiger partial charge in [0.05, 0.1) is 31.4 Å². The van der Waals surface area contributed by atoms with Crippen molar-refractivity contribution in [1.82, 2.24) is 4.90 Å². The molecule has 0 saturated carbocycles. The number of aliphatic hydroxyl groups excluding tert-OH is 1. The van der Waals surface area contributed by atoms with E-state index in [1.807, 2.05) is 0 Å². The number of carbonyl (C=O) groups is 2. The Morgan fingerprint density at radius 3 is 2.39 bits per heavy atom. The van der Waals surface area contributed by atoms with Gasteiger partial charge in [-0.15, -0.1) is 0 Å². The molecular weight excluding hydrogens is 418 g/mol. The standard InChI is InChI=1S/C24H26ClNO5/c1-4-5-6-13-26-21(15-7-9-16(25)10-8-15)20(23(28)24(26)29)22(27)18-12-11-17(30-2)14-19(18)31-3/h7-12,14,21,27H,4-6,13H2,1-3H3/b22-20-. The van der Waals surface area contributed by atoms with Gasteiger partial charge in [0, 0.05) is 17.6 Å². The van der Waals surface area contributed by atoms with Gasteiger partial charge in [0.1, 0.15) is 17.3 Å². The van der Waals surface area contributed by atoms with E-state index >= 15 is 0 Å². The van der Waals surface area contributed by atoms with Crippen molar-refractivity contribution in [2.45, 2.75) is 32.2 Å². The number of ketones is 1. The number of hydrogen-bond acceptors (Lipinski definition) is 5. The molecule has 1 fully saturated rings. The van der Waals surface area contributed by atoms with Crippen LogP contribution in [-0.4, -0.2) is 42.5 Å². The summed E-state index contributed by atoms with van der Waals surface area (Å²) in [7, 11) is 2.99. The highest BCUT2D eigenvalue weighted by molar-refractivity contribution is 6.46. The molecule has 2 aromatic carbocycles. The molecule has 1 atom stereocenters. The highest BCUT2D eigenvalue weighted by atomic mass is 35.5. The molecule has 0 aliphatic carbocycles. The zero-order chi connectivity index (χ0) is 22.5. The molecule has 0 aromatic heterocycles. The van der Waals surface area contributed by atoms with Gasteiger partial charge in [-0.05, 0) is 36.2 Å². The number of ether oxygens (including phenoxy) is 2. The Morgan fingerprint density at radius 2 is 1.77 bits per heavy atom. The van der Waals surface area contributed by atoms with Crippen molar-refractivity contribution in [2.75, 3.05) is 20.8 Å². The minimum atomic E-state index is -0.716. The van der Waals surface area contributed by atoms with Gasteiger partial charge < -0.3 is 19.5 Å². The van der Waals surface area contributed by atoms with Crippen LogP contribution >= 0.6 is 11.6 Å². The highest BCUT2D eigenvalue weighted by Gasteiger charge is 2.46. The van der Waals surface area contributed by atoms with Gasteiger partial charge in [-0.25, -0.2) is 0 Å². The summed E-state index contributed by atoms with van der Waals surface area (Å²) in [6.45, 7) is 2.49. The molecular formula is C24H26ClNO5. The first kappa shape index (κ1) is 22.7. The normalized spacial score (nSPS) is 17.8. The van der Waals surface area contributed by atoms with Crippen LogP contribution in [0, 0.1) is 0 Å². The lowest BCUT2D eigenvalue weighted by molar-refractivity contribution is -0.139. The van der Waals surface area contributed by atoms with Crippen molar-refractivity contribution >= 4 is 29.1 Å². The van der Waals surface area contributed by atoms with Crippen LogP contribution in [0.5, 0.6) is 11.5 Å². The van der Waals surface area contributed by atoms with Crippen LogP contribution in [0.4, 0.5) is 0 Å². The largest absolute Gasteiger partial charge is 0.507 e. The van der Waals surface area contributed by atoms with E-state index in [4.69, 9.17) is 21.1 Å². The average Bonchev–Trinajstić information content (AvgIpc) is 3.03. The minimum absolute atomic E-state index is 0.0345. The number of unbranched alkanes of at least 4 members (excludes halogenated alkanes) is 2. The number of halogens is 1. The number of methoxy groups -OCH3 is 2. The number of hydrogen-bond donors (Lipinski definition) is 1. The SMILES string of the molecule is CCCCCN1C(=O)C(=O)/C(=C(\O)c2ccc(OC)cc2OC)C1c1ccc(Cl)cc1. The number of nitrogens with zero attached hydrogens (tertiary/aromatic N) is 1. The highest BCUT2D eigenvalue weighted by Crippen LogP contribution is 2.41. The Hall–Kier alpha value is -2.99. The quantitative estimate of drug-likeness (QED) is 0.270. The van der Waals surface area contributed by atoms with Gasteiger partial charge in [0.2, 0.25) is 0 Å². The third-order valence-corrected chi connectivity index (χ3v) is 5.64. The van der Waals surface area contributed by atoms with E-state index in [1.165, 1.54) is 19.1 Å². The van der Waals surface area contributed by atoms with Crippen molar-refractivity contribution in [1.29, 1.82) is 0 Å². The molecule has 1 aliphatic rings. The van der Waals surface area contributed by atoms with Crippen LogP contribution in [0.25, 0.3) is 5.76 Å². The number of benzene rings is 2. The Morgan fingerprint density at radius 1 is 1.06 bits per heavy atom. The van der Waals surface area contributed by atoms with E-state index in [9.17, 15) is 14.7 Å². The second-order valence-electron chi connectivity index (χ2n) is 7.32. The molecule has 1 N–H and O–H groups in total. The molecule has 3 rings (SSSR count). The van der Waals surface area contributed by atoms with E-state index in [-0.39, 0.29) is 11.3 Å². The van der Waals surface area contributed by atoms with Crippen LogP contribution in [0.15, 0.2) is 48.0 Å². The van der Waals surface area contributed by atoms with E-state index < -0.39 is 17.7 Å². The maximum Gasteiger partial charge on any atom is 0.295 e. The number of amides is 1. The van der Waals surface area contributed by atoms with Crippen LogP contribution in [0.1, 0.15) is 43.4 Å². The number of carbonyl (C=O) groups excluding carboxylic acids is 2. The molecule has 1 unspecified atom stereocenters. The number of likely N-dealkylation sites (tertiary alicyclic amines) is 1. The van der Waals surface area contributed by atoms with E-state index in [1.54, 1.807) is 42.5 Å². The van der Waals surface area contributed by atoms with Gasteiger partial charge in [-0.1, -0.05) is 43.5 Å². The van der Waals surface area contributed by atoms with Gasteiger partial charge in [0.25, 0.3) is 11.7 Å². The molecule has 0 spiro atoms.